The molecule has 4 aromatic rings. The first-order valence-electron chi connectivity index (χ1n) is 9.34. The van der Waals surface area contributed by atoms with Crippen LogP contribution in [0.15, 0.2) is 61.1 Å². The first-order chi connectivity index (χ1) is 15.0. The van der Waals surface area contributed by atoms with Crippen molar-refractivity contribution in [1.29, 1.82) is 0 Å². The SMILES string of the molecule is Cc1ccc(Cl)c(OCn2ccc(C(=O)Nc3ncn(Cc4cccc(F)c4)n3)n2)c1. The number of hydrogen-bond acceptors (Lipinski definition) is 5. The molecule has 1 N–H and O–H groups in total. The maximum Gasteiger partial charge on any atom is 0.278 e. The summed E-state index contributed by atoms with van der Waals surface area (Å²) in [6, 6.07) is 13.2. The zero-order valence-corrected chi connectivity index (χ0v) is 17.3. The average Bonchev–Trinajstić information content (AvgIpc) is 3.38. The topological polar surface area (TPSA) is 86.9 Å². The number of halogens is 2. The number of hydrogen-bond donors (Lipinski definition) is 1. The molecule has 10 heteroatoms. The van der Waals surface area contributed by atoms with Crippen molar-refractivity contribution in [2.45, 2.75) is 20.2 Å². The van der Waals surface area contributed by atoms with Gasteiger partial charge in [-0.2, -0.15) is 5.10 Å². The van der Waals surface area contributed by atoms with E-state index >= 15 is 0 Å². The van der Waals surface area contributed by atoms with Gasteiger partial charge in [0.15, 0.2) is 12.4 Å². The summed E-state index contributed by atoms with van der Waals surface area (Å²) in [6.07, 6.45) is 3.08. The molecule has 2 aromatic heterocycles. The summed E-state index contributed by atoms with van der Waals surface area (Å²) in [5.74, 6) is -0.124. The highest BCUT2D eigenvalue weighted by Gasteiger charge is 2.13. The quantitative estimate of drug-likeness (QED) is 0.470. The predicted molar refractivity (Wildman–Crippen MR) is 113 cm³/mol. The number of nitrogens with zero attached hydrogens (tertiary/aromatic N) is 5. The van der Waals surface area contributed by atoms with E-state index in [1.165, 1.54) is 27.8 Å². The Balaban J connectivity index is 1.35. The molecule has 0 saturated heterocycles. The Bertz CT molecular complexity index is 1220. The van der Waals surface area contributed by atoms with Crippen molar-refractivity contribution in [3.63, 3.8) is 0 Å². The van der Waals surface area contributed by atoms with Gasteiger partial charge in [-0.1, -0.05) is 29.8 Å². The van der Waals surface area contributed by atoms with Gasteiger partial charge in [0.05, 0.1) is 11.6 Å². The number of carbonyl (C=O) groups is 1. The van der Waals surface area contributed by atoms with Crippen LogP contribution < -0.4 is 10.1 Å². The molecule has 0 unspecified atom stereocenters. The highest BCUT2D eigenvalue weighted by Crippen LogP contribution is 2.25. The van der Waals surface area contributed by atoms with Crippen molar-refractivity contribution in [2.75, 3.05) is 5.32 Å². The molecule has 1 amide bonds. The second-order valence-corrected chi connectivity index (χ2v) is 7.20. The van der Waals surface area contributed by atoms with Crippen LogP contribution in [-0.2, 0) is 13.3 Å². The lowest BCUT2D eigenvalue weighted by molar-refractivity contribution is 0.101. The van der Waals surface area contributed by atoms with Gasteiger partial charge in [-0.25, -0.2) is 18.7 Å². The van der Waals surface area contributed by atoms with Crippen LogP contribution in [-0.4, -0.2) is 30.5 Å². The number of aromatic nitrogens is 5. The fourth-order valence-corrected chi connectivity index (χ4v) is 3.00. The molecular formula is C21H18ClFN6O2. The summed E-state index contributed by atoms with van der Waals surface area (Å²) in [5.41, 5.74) is 1.93. The van der Waals surface area contributed by atoms with E-state index < -0.39 is 5.91 Å². The van der Waals surface area contributed by atoms with E-state index in [0.29, 0.717) is 17.3 Å². The standard InChI is InChI=1S/C21H18ClFN6O2/c1-14-5-6-17(22)19(9-14)31-13-28-8-7-18(26-28)20(30)25-21-24-12-29(27-21)11-15-3-2-4-16(23)10-15/h2-10,12H,11,13H2,1H3,(H,25,27,30). The lowest BCUT2D eigenvalue weighted by Crippen LogP contribution is -2.15. The van der Waals surface area contributed by atoms with E-state index in [9.17, 15) is 9.18 Å². The van der Waals surface area contributed by atoms with Crippen LogP contribution in [0.1, 0.15) is 21.6 Å². The van der Waals surface area contributed by atoms with Crippen LogP contribution in [0.25, 0.3) is 0 Å². The van der Waals surface area contributed by atoms with Gasteiger partial charge in [0.2, 0.25) is 5.95 Å². The minimum Gasteiger partial charge on any atom is -0.470 e. The second kappa shape index (κ2) is 8.97. The molecule has 0 aliphatic rings. The molecule has 8 nitrogen and oxygen atoms in total. The van der Waals surface area contributed by atoms with Gasteiger partial charge in [0, 0.05) is 6.20 Å². The largest absolute Gasteiger partial charge is 0.470 e. The van der Waals surface area contributed by atoms with Gasteiger partial charge < -0.3 is 4.74 Å². The maximum atomic E-state index is 13.3. The van der Waals surface area contributed by atoms with E-state index in [-0.39, 0.29) is 24.2 Å². The molecule has 0 fully saturated rings. The van der Waals surface area contributed by atoms with Crippen molar-refractivity contribution in [3.05, 3.63) is 88.7 Å². The number of amides is 1. The molecule has 158 valence electrons. The fourth-order valence-electron chi connectivity index (χ4n) is 2.83. The third kappa shape index (κ3) is 5.26. The maximum absolute atomic E-state index is 13.3. The molecule has 0 atom stereocenters. The smallest absolute Gasteiger partial charge is 0.278 e. The second-order valence-electron chi connectivity index (χ2n) is 6.80. The van der Waals surface area contributed by atoms with Crippen molar-refractivity contribution in [3.8, 4) is 5.75 Å². The lowest BCUT2D eigenvalue weighted by atomic mass is 10.2. The molecule has 0 aliphatic heterocycles. The zero-order chi connectivity index (χ0) is 21.8. The Labute approximate surface area is 182 Å². The van der Waals surface area contributed by atoms with Crippen molar-refractivity contribution >= 4 is 23.5 Å². The molecular weight excluding hydrogens is 423 g/mol. The van der Waals surface area contributed by atoms with Gasteiger partial charge in [-0.15, -0.1) is 5.10 Å². The molecule has 0 bridgehead atoms. The van der Waals surface area contributed by atoms with Crippen molar-refractivity contribution in [1.82, 2.24) is 24.5 Å². The molecule has 0 spiro atoms. The number of rotatable bonds is 7. The fraction of sp³-hybridized carbons (Fsp3) is 0.143. The number of nitrogens with one attached hydrogen (secondary N) is 1. The number of benzene rings is 2. The van der Waals surface area contributed by atoms with Crippen LogP contribution in [0.4, 0.5) is 10.3 Å². The van der Waals surface area contributed by atoms with Gasteiger partial charge in [0.25, 0.3) is 5.91 Å². The third-order valence-corrected chi connectivity index (χ3v) is 4.62. The van der Waals surface area contributed by atoms with Gasteiger partial charge in [0.1, 0.15) is 17.9 Å². The summed E-state index contributed by atoms with van der Waals surface area (Å²) >= 11 is 6.12. The first-order valence-corrected chi connectivity index (χ1v) is 9.72. The van der Waals surface area contributed by atoms with E-state index in [1.54, 1.807) is 30.5 Å². The Morgan fingerprint density at radius 1 is 1.16 bits per heavy atom. The summed E-state index contributed by atoms with van der Waals surface area (Å²) in [7, 11) is 0. The number of carbonyl (C=O) groups excluding carboxylic acids is 1. The van der Waals surface area contributed by atoms with Crippen LogP contribution >= 0.6 is 11.6 Å². The predicted octanol–water partition coefficient (Wildman–Crippen LogP) is 3.91. The minimum absolute atomic E-state index is 0.0942. The number of anilines is 1. The van der Waals surface area contributed by atoms with Crippen LogP contribution in [0, 0.1) is 12.7 Å². The third-order valence-electron chi connectivity index (χ3n) is 4.31. The molecule has 4 rings (SSSR count). The van der Waals surface area contributed by atoms with Crippen molar-refractivity contribution < 1.29 is 13.9 Å². The summed E-state index contributed by atoms with van der Waals surface area (Å²) in [6.45, 7) is 2.36. The molecule has 0 radical (unpaired) electrons. The molecule has 0 saturated carbocycles. The van der Waals surface area contributed by atoms with Gasteiger partial charge in [-0.05, 0) is 48.4 Å². The van der Waals surface area contributed by atoms with Crippen LogP contribution in [0.5, 0.6) is 5.75 Å². The average molecular weight is 441 g/mol. The minimum atomic E-state index is -0.462. The summed E-state index contributed by atoms with van der Waals surface area (Å²) < 4.78 is 21.9. The molecule has 2 aromatic carbocycles. The number of ether oxygens (including phenoxy) is 1. The van der Waals surface area contributed by atoms with Crippen LogP contribution in [0.2, 0.25) is 5.02 Å². The van der Waals surface area contributed by atoms with Gasteiger partial charge >= 0.3 is 0 Å². The molecule has 31 heavy (non-hydrogen) atoms. The van der Waals surface area contributed by atoms with E-state index in [0.717, 1.165) is 11.1 Å². The Morgan fingerprint density at radius 2 is 2.03 bits per heavy atom. The molecule has 0 aliphatic carbocycles. The Morgan fingerprint density at radius 3 is 2.87 bits per heavy atom. The van der Waals surface area contributed by atoms with Crippen LogP contribution in [0.3, 0.4) is 0 Å². The van der Waals surface area contributed by atoms with Gasteiger partial charge in [-0.3, -0.25) is 10.1 Å². The zero-order valence-electron chi connectivity index (χ0n) is 16.5. The highest BCUT2D eigenvalue weighted by molar-refractivity contribution is 6.32. The van der Waals surface area contributed by atoms with E-state index in [2.05, 4.69) is 20.5 Å². The summed E-state index contributed by atoms with van der Waals surface area (Å²) in [4.78, 5) is 16.5. The lowest BCUT2D eigenvalue weighted by Gasteiger charge is -2.08. The number of aryl methyl sites for hydroxylation is 1. The first kappa shape index (κ1) is 20.5. The Kier molecular flexibility index (Phi) is 5.94. The van der Waals surface area contributed by atoms with E-state index in [4.69, 9.17) is 16.3 Å². The van der Waals surface area contributed by atoms with Crippen molar-refractivity contribution in [2.24, 2.45) is 0 Å². The van der Waals surface area contributed by atoms with E-state index in [1.807, 2.05) is 19.1 Å². The highest BCUT2D eigenvalue weighted by atomic mass is 35.5. The Hall–Kier alpha value is -3.72. The normalized spacial score (nSPS) is 10.8. The monoisotopic (exact) mass is 440 g/mol. The summed E-state index contributed by atoms with van der Waals surface area (Å²) in [5, 5.41) is 11.5. The molecule has 2 heterocycles.